The molecule has 4 heteroatoms. The fourth-order valence-corrected chi connectivity index (χ4v) is 2.20. The average molecular weight is 216 g/mol. The average Bonchev–Trinajstić information content (AvgIpc) is 2.74. The van der Waals surface area contributed by atoms with Gasteiger partial charge in [-0.1, -0.05) is 6.42 Å². The molecule has 1 aromatic heterocycles. The maximum atomic E-state index is 8.96. The standard InChI is InChI=1S/C12H16N4/c1-9-14-6-5-11(16-9)8-15-12-4-2-3-10(12)7-13/h5-6,10,12,15H,2-4,8H2,1H3. The van der Waals surface area contributed by atoms with E-state index in [-0.39, 0.29) is 5.92 Å². The number of aryl methyl sites for hydroxylation is 1. The van der Waals surface area contributed by atoms with Crippen molar-refractivity contribution < 1.29 is 0 Å². The molecular weight excluding hydrogens is 200 g/mol. The number of nitriles is 1. The number of nitrogens with one attached hydrogen (secondary N) is 1. The maximum Gasteiger partial charge on any atom is 0.125 e. The first-order valence-electron chi connectivity index (χ1n) is 5.71. The van der Waals surface area contributed by atoms with Gasteiger partial charge in [-0.3, -0.25) is 0 Å². The van der Waals surface area contributed by atoms with Crippen LogP contribution in [-0.2, 0) is 6.54 Å². The lowest BCUT2D eigenvalue weighted by Gasteiger charge is -2.14. The number of hydrogen-bond donors (Lipinski definition) is 1. The van der Waals surface area contributed by atoms with Crippen LogP contribution in [0.5, 0.6) is 0 Å². The molecular formula is C12H16N4. The summed E-state index contributed by atoms with van der Waals surface area (Å²) in [6, 6.07) is 4.61. The minimum Gasteiger partial charge on any atom is -0.307 e. The van der Waals surface area contributed by atoms with Gasteiger partial charge >= 0.3 is 0 Å². The summed E-state index contributed by atoms with van der Waals surface area (Å²) in [5.74, 6) is 0.963. The summed E-state index contributed by atoms with van der Waals surface area (Å²) in [5.41, 5.74) is 0.996. The van der Waals surface area contributed by atoms with Crippen molar-refractivity contribution in [1.29, 1.82) is 5.26 Å². The molecule has 0 bridgehead atoms. The van der Waals surface area contributed by atoms with E-state index in [1.807, 2.05) is 13.0 Å². The molecule has 0 aliphatic heterocycles. The van der Waals surface area contributed by atoms with E-state index >= 15 is 0 Å². The van der Waals surface area contributed by atoms with Crippen molar-refractivity contribution in [2.75, 3.05) is 0 Å². The van der Waals surface area contributed by atoms with Gasteiger partial charge in [-0.15, -0.1) is 0 Å². The predicted octanol–water partition coefficient (Wildman–Crippen LogP) is 1.57. The second-order valence-corrected chi connectivity index (χ2v) is 4.25. The molecule has 0 saturated heterocycles. The van der Waals surface area contributed by atoms with E-state index in [0.717, 1.165) is 37.3 Å². The van der Waals surface area contributed by atoms with Crippen molar-refractivity contribution in [3.8, 4) is 6.07 Å². The van der Waals surface area contributed by atoms with Gasteiger partial charge in [-0.25, -0.2) is 9.97 Å². The van der Waals surface area contributed by atoms with E-state index in [2.05, 4.69) is 21.4 Å². The van der Waals surface area contributed by atoms with Crippen molar-refractivity contribution in [3.63, 3.8) is 0 Å². The van der Waals surface area contributed by atoms with Crippen LogP contribution in [-0.4, -0.2) is 16.0 Å². The molecule has 1 aliphatic carbocycles. The Balaban J connectivity index is 1.90. The summed E-state index contributed by atoms with van der Waals surface area (Å²) < 4.78 is 0. The molecule has 0 radical (unpaired) electrons. The van der Waals surface area contributed by atoms with Crippen LogP contribution in [0, 0.1) is 24.2 Å². The van der Waals surface area contributed by atoms with Gasteiger partial charge < -0.3 is 5.32 Å². The number of aromatic nitrogens is 2. The first-order chi connectivity index (χ1) is 7.79. The predicted molar refractivity (Wildman–Crippen MR) is 60.4 cm³/mol. The summed E-state index contributed by atoms with van der Waals surface area (Å²) >= 11 is 0. The van der Waals surface area contributed by atoms with Gasteiger partial charge in [0, 0.05) is 18.8 Å². The Kier molecular flexibility index (Phi) is 3.47. The van der Waals surface area contributed by atoms with Gasteiger partial charge in [0.1, 0.15) is 5.82 Å². The lowest BCUT2D eigenvalue weighted by molar-refractivity contribution is 0.461. The lowest BCUT2D eigenvalue weighted by Crippen LogP contribution is -2.31. The maximum absolute atomic E-state index is 8.96. The van der Waals surface area contributed by atoms with Gasteiger partial charge in [-0.2, -0.15) is 5.26 Å². The lowest BCUT2D eigenvalue weighted by atomic mass is 10.1. The summed E-state index contributed by atoms with van der Waals surface area (Å²) in [5, 5.41) is 12.4. The molecule has 2 rings (SSSR count). The third-order valence-electron chi connectivity index (χ3n) is 3.06. The van der Waals surface area contributed by atoms with Crippen LogP contribution in [0.4, 0.5) is 0 Å². The van der Waals surface area contributed by atoms with E-state index in [1.54, 1.807) is 6.20 Å². The van der Waals surface area contributed by atoms with Crippen molar-refractivity contribution in [1.82, 2.24) is 15.3 Å². The summed E-state index contributed by atoms with van der Waals surface area (Å²) in [6.45, 7) is 2.61. The summed E-state index contributed by atoms with van der Waals surface area (Å²) in [6.07, 6.45) is 5.05. The van der Waals surface area contributed by atoms with Crippen molar-refractivity contribution in [2.24, 2.45) is 5.92 Å². The van der Waals surface area contributed by atoms with Crippen molar-refractivity contribution in [2.45, 2.75) is 38.8 Å². The van der Waals surface area contributed by atoms with Crippen LogP contribution in [0.3, 0.4) is 0 Å². The Morgan fingerprint density at radius 2 is 2.44 bits per heavy atom. The Labute approximate surface area is 95.7 Å². The van der Waals surface area contributed by atoms with Crippen LogP contribution in [0.2, 0.25) is 0 Å². The van der Waals surface area contributed by atoms with Gasteiger partial charge in [-0.05, 0) is 25.8 Å². The quantitative estimate of drug-likeness (QED) is 0.833. The van der Waals surface area contributed by atoms with E-state index in [1.165, 1.54) is 0 Å². The molecule has 0 aromatic carbocycles. The van der Waals surface area contributed by atoms with Gasteiger partial charge in [0.2, 0.25) is 0 Å². The molecule has 0 spiro atoms. The molecule has 0 amide bonds. The molecule has 2 unspecified atom stereocenters. The largest absolute Gasteiger partial charge is 0.307 e. The van der Waals surface area contributed by atoms with E-state index in [4.69, 9.17) is 5.26 Å². The van der Waals surface area contributed by atoms with Gasteiger partial charge in [0.25, 0.3) is 0 Å². The van der Waals surface area contributed by atoms with E-state index < -0.39 is 0 Å². The zero-order valence-electron chi connectivity index (χ0n) is 9.48. The molecule has 1 heterocycles. The Hall–Kier alpha value is -1.47. The molecule has 84 valence electrons. The second kappa shape index (κ2) is 5.04. The molecule has 1 fully saturated rings. The molecule has 2 atom stereocenters. The van der Waals surface area contributed by atoms with E-state index in [0.29, 0.717) is 6.04 Å². The molecule has 1 aromatic rings. The topological polar surface area (TPSA) is 61.6 Å². The number of hydrogen-bond acceptors (Lipinski definition) is 4. The monoisotopic (exact) mass is 216 g/mol. The van der Waals surface area contributed by atoms with Gasteiger partial charge in [0.15, 0.2) is 0 Å². The summed E-state index contributed by atoms with van der Waals surface area (Å²) in [4.78, 5) is 8.39. The molecule has 1 saturated carbocycles. The fourth-order valence-electron chi connectivity index (χ4n) is 2.20. The highest BCUT2D eigenvalue weighted by atomic mass is 15.0. The highest BCUT2D eigenvalue weighted by Crippen LogP contribution is 2.24. The van der Waals surface area contributed by atoms with Gasteiger partial charge in [0.05, 0.1) is 17.7 Å². The molecule has 16 heavy (non-hydrogen) atoms. The first kappa shape index (κ1) is 11.0. The van der Waals surface area contributed by atoms with Crippen LogP contribution < -0.4 is 5.32 Å². The number of nitrogens with zero attached hydrogens (tertiary/aromatic N) is 3. The molecule has 1 N–H and O–H groups in total. The van der Waals surface area contributed by atoms with Crippen molar-refractivity contribution >= 4 is 0 Å². The SMILES string of the molecule is Cc1nccc(CNC2CCCC2C#N)n1. The Morgan fingerprint density at radius 1 is 1.56 bits per heavy atom. The van der Waals surface area contributed by atoms with Crippen molar-refractivity contribution in [3.05, 3.63) is 23.8 Å². The third kappa shape index (κ3) is 2.56. The third-order valence-corrected chi connectivity index (χ3v) is 3.06. The second-order valence-electron chi connectivity index (χ2n) is 4.25. The Bertz CT molecular complexity index is 396. The minimum absolute atomic E-state index is 0.169. The van der Waals surface area contributed by atoms with Crippen LogP contribution in [0.25, 0.3) is 0 Å². The smallest absolute Gasteiger partial charge is 0.125 e. The molecule has 4 nitrogen and oxygen atoms in total. The highest BCUT2D eigenvalue weighted by molar-refractivity contribution is 5.03. The zero-order valence-corrected chi connectivity index (χ0v) is 9.48. The van der Waals surface area contributed by atoms with Crippen LogP contribution >= 0.6 is 0 Å². The van der Waals surface area contributed by atoms with Crippen LogP contribution in [0.15, 0.2) is 12.3 Å². The molecule has 1 aliphatic rings. The van der Waals surface area contributed by atoms with E-state index in [9.17, 15) is 0 Å². The summed E-state index contributed by atoms with van der Waals surface area (Å²) in [7, 11) is 0. The normalized spacial score (nSPS) is 24.2. The highest BCUT2D eigenvalue weighted by Gasteiger charge is 2.26. The minimum atomic E-state index is 0.169. The van der Waals surface area contributed by atoms with Crippen LogP contribution in [0.1, 0.15) is 30.8 Å². The zero-order chi connectivity index (χ0) is 11.4. The first-order valence-corrected chi connectivity index (χ1v) is 5.71. The Morgan fingerprint density at radius 3 is 3.19 bits per heavy atom. The number of rotatable bonds is 3. The fraction of sp³-hybridized carbons (Fsp3) is 0.583.